The van der Waals surface area contributed by atoms with Crippen LogP contribution in [0.2, 0.25) is 0 Å². The topological polar surface area (TPSA) is 88.4 Å². The highest BCUT2D eigenvalue weighted by atomic mass is 32.1. The molecule has 0 radical (unpaired) electrons. The van der Waals surface area contributed by atoms with Crippen LogP contribution in [-0.4, -0.2) is 31.0 Å². The number of aryl methyl sites for hydroxylation is 1. The minimum absolute atomic E-state index is 0.128. The van der Waals surface area contributed by atoms with Crippen LogP contribution in [0.5, 0.6) is 17.2 Å². The monoisotopic (exact) mass is 562 g/mol. The van der Waals surface area contributed by atoms with Gasteiger partial charge in [0, 0.05) is 0 Å². The van der Waals surface area contributed by atoms with E-state index in [1.807, 2.05) is 44.2 Å². The molecule has 3 heterocycles. The maximum absolute atomic E-state index is 14.1. The van der Waals surface area contributed by atoms with E-state index in [4.69, 9.17) is 23.9 Å². The van der Waals surface area contributed by atoms with Gasteiger partial charge in [-0.05, 0) is 78.8 Å². The van der Waals surface area contributed by atoms with E-state index in [9.17, 15) is 9.59 Å². The molecule has 2 aliphatic heterocycles. The molecule has 0 spiro atoms. The van der Waals surface area contributed by atoms with Gasteiger partial charge >= 0.3 is 5.97 Å². The number of methoxy groups -OCH3 is 1. The van der Waals surface area contributed by atoms with E-state index in [0.29, 0.717) is 38.5 Å². The van der Waals surface area contributed by atoms with Crippen molar-refractivity contribution in [3.05, 3.63) is 83.5 Å². The second kappa shape index (κ2) is 11.3. The van der Waals surface area contributed by atoms with Crippen LogP contribution in [0.3, 0.4) is 0 Å². The summed E-state index contributed by atoms with van der Waals surface area (Å²) in [5.74, 6) is 1.81. The standard InChI is InChI=1S/C31H34N2O6S/c1-7-9-22-27(30(35)37-8-2)28(19-10-11-23-25(14-19)39-16-38-23)33-29(34)26(40-31(33)32-22)15-20-13-21(17(3)4)24(36-6)12-18(20)5/h10-15,17,28H,7-9,16H2,1-6H3/b26-15+/t28-/m0/s1. The number of hydrogen-bond acceptors (Lipinski definition) is 8. The Hall–Kier alpha value is -3.85. The molecule has 0 N–H and O–H groups in total. The molecule has 0 bridgehead atoms. The third-order valence-electron chi connectivity index (χ3n) is 7.13. The Bertz CT molecular complexity index is 1680. The molecular weight excluding hydrogens is 528 g/mol. The van der Waals surface area contributed by atoms with Crippen molar-refractivity contribution in [3.63, 3.8) is 0 Å². The summed E-state index contributed by atoms with van der Waals surface area (Å²) in [5, 5.41) is 0. The summed E-state index contributed by atoms with van der Waals surface area (Å²) in [6, 6.07) is 8.89. The van der Waals surface area contributed by atoms with Gasteiger partial charge in [-0.15, -0.1) is 0 Å². The van der Waals surface area contributed by atoms with E-state index in [1.165, 1.54) is 11.3 Å². The number of ether oxygens (including phenoxy) is 4. The van der Waals surface area contributed by atoms with Gasteiger partial charge in [0.05, 0.1) is 35.6 Å². The zero-order valence-electron chi connectivity index (χ0n) is 23.7. The Morgan fingerprint density at radius 3 is 2.67 bits per heavy atom. The number of thiazole rings is 1. The van der Waals surface area contributed by atoms with Crippen molar-refractivity contribution in [2.24, 2.45) is 4.99 Å². The van der Waals surface area contributed by atoms with Gasteiger partial charge < -0.3 is 18.9 Å². The van der Waals surface area contributed by atoms with Crippen molar-refractivity contribution < 1.29 is 23.7 Å². The van der Waals surface area contributed by atoms with Gasteiger partial charge in [0.15, 0.2) is 16.3 Å². The van der Waals surface area contributed by atoms with Crippen LogP contribution in [-0.2, 0) is 9.53 Å². The molecule has 1 atom stereocenters. The van der Waals surface area contributed by atoms with Crippen molar-refractivity contribution >= 4 is 23.4 Å². The van der Waals surface area contributed by atoms with Gasteiger partial charge in [-0.25, -0.2) is 9.79 Å². The molecule has 0 fully saturated rings. The first-order valence-electron chi connectivity index (χ1n) is 13.6. The van der Waals surface area contributed by atoms with Gasteiger partial charge in [0.25, 0.3) is 5.56 Å². The number of benzene rings is 2. The second-order valence-corrected chi connectivity index (χ2v) is 11.1. The summed E-state index contributed by atoms with van der Waals surface area (Å²) < 4.78 is 24.4. The molecule has 3 aromatic rings. The molecule has 0 unspecified atom stereocenters. The lowest BCUT2D eigenvalue weighted by Crippen LogP contribution is -2.40. The van der Waals surface area contributed by atoms with Crippen molar-refractivity contribution in [3.8, 4) is 17.2 Å². The Labute approximate surface area is 237 Å². The molecule has 0 saturated carbocycles. The number of nitrogens with zero attached hydrogens (tertiary/aromatic N) is 2. The average Bonchev–Trinajstić information content (AvgIpc) is 3.52. The molecule has 210 valence electrons. The number of esters is 1. The van der Waals surface area contributed by atoms with Gasteiger partial charge in [-0.1, -0.05) is 44.6 Å². The van der Waals surface area contributed by atoms with Crippen LogP contribution in [0.25, 0.3) is 6.08 Å². The highest BCUT2D eigenvalue weighted by Crippen LogP contribution is 2.39. The predicted molar refractivity (Wildman–Crippen MR) is 154 cm³/mol. The Kier molecular flexibility index (Phi) is 7.85. The van der Waals surface area contributed by atoms with E-state index in [2.05, 4.69) is 19.9 Å². The van der Waals surface area contributed by atoms with E-state index in [1.54, 1.807) is 18.6 Å². The third-order valence-corrected chi connectivity index (χ3v) is 8.11. The minimum atomic E-state index is -0.711. The van der Waals surface area contributed by atoms with E-state index in [-0.39, 0.29) is 24.9 Å². The fourth-order valence-electron chi connectivity index (χ4n) is 5.16. The molecule has 40 heavy (non-hydrogen) atoms. The molecule has 9 heteroatoms. The number of aromatic nitrogens is 1. The van der Waals surface area contributed by atoms with Crippen LogP contribution in [0.1, 0.15) is 74.8 Å². The van der Waals surface area contributed by atoms with Gasteiger partial charge in [0.1, 0.15) is 5.75 Å². The first kappa shape index (κ1) is 27.7. The number of carbonyl (C=O) groups is 1. The molecule has 0 aliphatic carbocycles. The maximum Gasteiger partial charge on any atom is 0.338 e. The van der Waals surface area contributed by atoms with Gasteiger partial charge in [-0.3, -0.25) is 9.36 Å². The lowest BCUT2D eigenvalue weighted by Gasteiger charge is -2.25. The number of carbonyl (C=O) groups excluding carboxylic acids is 1. The van der Waals surface area contributed by atoms with Crippen LogP contribution >= 0.6 is 11.3 Å². The Morgan fingerprint density at radius 1 is 1.20 bits per heavy atom. The smallest absolute Gasteiger partial charge is 0.338 e. The van der Waals surface area contributed by atoms with E-state index >= 15 is 0 Å². The zero-order valence-corrected chi connectivity index (χ0v) is 24.5. The molecule has 0 saturated heterocycles. The lowest BCUT2D eigenvalue weighted by atomic mass is 9.94. The van der Waals surface area contributed by atoms with Crippen LogP contribution in [0.15, 0.2) is 51.4 Å². The van der Waals surface area contributed by atoms with Crippen molar-refractivity contribution in [2.45, 2.75) is 59.4 Å². The maximum atomic E-state index is 14.1. The summed E-state index contributed by atoms with van der Waals surface area (Å²) in [6.45, 7) is 10.4. The molecule has 8 nitrogen and oxygen atoms in total. The summed E-state index contributed by atoms with van der Waals surface area (Å²) in [4.78, 5) is 32.9. The van der Waals surface area contributed by atoms with E-state index < -0.39 is 12.0 Å². The van der Waals surface area contributed by atoms with Crippen LogP contribution < -0.4 is 29.1 Å². The third kappa shape index (κ3) is 4.94. The first-order valence-corrected chi connectivity index (χ1v) is 14.4. The fourth-order valence-corrected chi connectivity index (χ4v) is 6.17. The average molecular weight is 563 g/mol. The number of fused-ring (bicyclic) bond motifs is 2. The first-order chi connectivity index (χ1) is 19.3. The molecule has 5 rings (SSSR count). The quantitative estimate of drug-likeness (QED) is 0.369. The van der Waals surface area contributed by atoms with Crippen molar-refractivity contribution in [1.82, 2.24) is 4.57 Å². The SMILES string of the molecule is CCCC1=C(C(=O)OCC)[C@H](c2ccc3c(c2)OCO3)n2c(s/c(=C/c3cc(C(C)C)c(OC)cc3C)c2=O)=N1. The molecule has 2 aliphatic rings. The summed E-state index contributed by atoms with van der Waals surface area (Å²) >= 11 is 1.33. The Morgan fingerprint density at radius 2 is 1.98 bits per heavy atom. The van der Waals surface area contributed by atoms with Crippen molar-refractivity contribution in [2.75, 3.05) is 20.5 Å². The minimum Gasteiger partial charge on any atom is -0.496 e. The molecule has 2 aromatic carbocycles. The number of allylic oxidation sites excluding steroid dienone is 1. The van der Waals surface area contributed by atoms with Gasteiger partial charge in [-0.2, -0.15) is 0 Å². The summed E-state index contributed by atoms with van der Waals surface area (Å²) in [6.07, 6.45) is 3.28. The lowest BCUT2D eigenvalue weighted by molar-refractivity contribution is -0.139. The zero-order chi connectivity index (χ0) is 28.6. The highest BCUT2D eigenvalue weighted by Gasteiger charge is 2.35. The largest absolute Gasteiger partial charge is 0.496 e. The highest BCUT2D eigenvalue weighted by molar-refractivity contribution is 7.07. The summed E-state index contributed by atoms with van der Waals surface area (Å²) in [5.41, 5.74) is 4.53. The van der Waals surface area contributed by atoms with Crippen LogP contribution in [0.4, 0.5) is 0 Å². The summed E-state index contributed by atoms with van der Waals surface area (Å²) in [7, 11) is 1.67. The second-order valence-electron chi connectivity index (χ2n) is 10.1. The molecule has 0 amide bonds. The predicted octanol–water partition coefficient (Wildman–Crippen LogP) is 4.75. The normalized spacial score (nSPS) is 16.3. The molecular formula is C31H34N2O6S. The van der Waals surface area contributed by atoms with Crippen molar-refractivity contribution in [1.29, 1.82) is 0 Å². The van der Waals surface area contributed by atoms with Crippen LogP contribution in [0, 0.1) is 6.92 Å². The fraction of sp³-hybridized carbons (Fsp3) is 0.387. The molecule has 1 aromatic heterocycles. The van der Waals surface area contributed by atoms with Gasteiger partial charge in [0.2, 0.25) is 6.79 Å². The van der Waals surface area contributed by atoms with E-state index in [0.717, 1.165) is 34.4 Å². The number of hydrogen-bond donors (Lipinski definition) is 0. The Balaban J connectivity index is 1.75. The number of rotatable bonds is 8.